The number of para-hydroxylation sites is 1. The maximum Gasteiger partial charge on any atom is 0.154 e. The quantitative estimate of drug-likeness (QED) is 0.789. The Labute approximate surface area is 117 Å². The number of nitrogens with two attached hydrogens (primary N) is 1. The average Bonchev–Trinajstić information content (AvgIpc) is 3.15. The molecule has 0 amide bonds. The highest BCUT2D eigenvalue weighted by atomic mass is 16.3. The van der Waals surface area contributed by atoms with Crippen molar-refractivity contribution in [1.82, 2.24) is 15.0 Å². The van der Waals surface area contributed by atoms with Crippen molar-refractivity contribution in [3.63, 3.8) is 0 Å². The van der Waals surface area contributed by atoms with E-state index in [4.69, 9.17) is 10.2 Å². The van der Waals surface area contributed by atoms with E-state index in [1.165, 1.54) is 5.56 Å². The maximum absolute atomic E-state index is 5.76. The SMILES string of the molecule is CCc1ccccc1-n1nnc(CN)c1-c1ccco1. The molecule has 0 atom stereocenters. The van der Waals surface area contributed by atoms with Crippen molar-refractivity contribution in [1.29, 1.82) is 0 Å². The van der Waals surface area contributed by atoms with E-state index in [9.17, 15) is 0 Å². The number of aromatic nitrogens is 3. The van der Waals surface area contributed by atoms with E-state index in [-0.39, 0.29) is 0 Å². The first-order valence-corrected chi connectivity index (χ1v) is 6.62. The summed E-state index contributed by atoms with van der Waals surface area (Å²) in [6, 6.07) is 11.9. The molecule has 0 radical (unpaired) electrons. The van der Waals surface area contributed by atoms with Crippen molar-refractivity contribution in [3.8, 4) is 17.1 Å². The molecule has 0 unspecified atom stereocenters. The Kier molecular flexibility index (Phi) is 3.35. The Bertz CT molecular complexity index is 700. The van der Waals surface area contributed by atoms with Crippen molar-refractivity contribution in [3.05, 3.63) is 53.9 Å². The molecule has 2 heterocycles. The second-order valence-electron chi connectivity index (χ2n) is 4.46. The fourth-order valence-corrected chi connectivity index (χ4v) is 2.30. The van der Waals surface area contributed by atoms with Crippen molar-refractivity contribution in [2.24, 2.45) is 5.73 Å². The maximum atomic E-state index is 5.76. The van der Waals surface area contributed by atoms with Gasteiger partial charge >= 0.3 is 0 Å². The van der Waals surface area contributed by atoms with Gasteiger partial charge in [0, 0.05) is 6.54 Å². The van der Waals surface area contributed by atoms with Gasteiger partial charge in [0.1, 0.15) is 11.4 Å². The lowest BCUT2D eigenvalue weighted by Crippen LogP contribution is -2.04. The van der Waals surface area contributed by atoms with E-state index in [0.717, 1.165) is 29.3 Å². The van der Waals surface area contributed by atoms with Crippen LogP contribution in [0.15, 0.2) is 47.1 Å². The Morgan fingerprint density at radius 2 is 2.05 bits per heavy atom. The van der Waals surface area contributed by atoms with Crippen molar-refractivity contribution >= 4 is 0 Å². The zero-order chi connectivity index (χ0) is 13.9. The lowest BCUT2D eigenvalue weighted by atomic mass is 10.1. The van der Waals surface area contributed by atoms with Crippen LogP contribution in [0.5, 0.6) is 0 Å². The highest BCUT2D eigenvalue weighted by Gasteiger charge is 2.18. The van der Waals surface area contributed by atoms with Crippen LogP contribution in [0.2, 0.25) is 0 Å². The van der Waals surface area contributed by atoms with Gasteiger partial charge in [-0.1, -0.05) is 30.3 Å². The first kappa shape index (κ1) is 12.6. The lowest BCUT2D eigenvalue weighted by Gasteiger charge is -2.09. The van der Waals surface area contributed by atoms with Gasteiger partial charge in [-0.3, -0.25) is 0 Å². The molecule has 20 heavy (non-hydrogen) atoms. The minimum Gasteiger partial charge on any atom is -0.463 e. The first-order valence-electron chi connectivity index (χ1n) is 6.62. The Hall–Kier alpha value is -2.40. The Morgan fingerprint density at radius 1 is 1.20 bits per heavy atom. The molecule has 0 aliphatic rings. The minimum atomic E-state index is 0.324. The predicted octanol–water partition coefficient (Wildman–Crippen LogP) is 2.55. The van der Waals surface area contributed by atoms with E-state index in [1.807, 2.05) is 30.3 Å². The molecule has 3 aromatic rings. The molecule has 102 valence electrons. The predicted molar refractivity (Wildman–Crippen MR) is 76.3 cm³/mol. The number of furan rings is 1. The van der Waals surface area contributed by atoms with Crippen LogP contribution < -0.4 is 5.73 Å². The van der Waals surface area contributed by atoms with E-state index in [1.54, 1.807) is 10.9 Å². The largest absolute Gasteiger partial charge is 0.463 e. The van der Waals surface area contributed by atoms with Crippen LogP contribution in [0, 0.1) is 0 Å². The summed E-state index contributed by atoms with van der Waals surface area (Å²) in [5.41, 5.74) is 9.52. The summed E-state index contributed by atoms with van der Waals surface area (Å²) in [6.07, 6.45) is 2.56. The summed E-state index contributed by atoms with van der Waals surface area (Å²) in [4.78, 5) is 0. The van der Waals surface area contributed by atoms with Gasteiger partial charge in [-0.2, -0.15) is 0 Å². The van der Waals surface area contributed by atoms with Crippen LogP contribution in [0.3, 0.4) is 0 Å². The third-order valence-corrected chi connectivity index (χ3v) is 3.29. The zero-order valence-electron chi connectivity index (χ0n) is 11.3. The number of aryl methyl sites for hydroxylation is 1. The smallest absolute Gasteiger partial charge is 0.154 e. The van der Waals surface area contributed by atoms with Crippen molar-refractivity contribution < 1.29 is 4.42 Å². The highest BCUT2D eigenvalue weighted by Crippen LogP contribution is 2.27. The average molecular weight is 268 g/mol. The Morgan fingerprint density at radius 3 is 2.75 bits per heavy atom. The summed E-state index contributed by atoms with van der Waals surface area (Å²) >= 11 is 0. The molecule has 3 rings (SSSR count). The molecular formula is C15H16N4O. The zero-order valence-corrected chi connectivity index (χ0v) is 11.3. The summed E-state index contributed by atoms with van der Waals surface area (Å²) in [6.45, 7) is 2.44. The third kappa shape index (κ3) is 2.02. The summed E-state index contributed by atoms with van der Waals surface area (Å²) in [5, 5.41) is 8.42. The van der Waals surface area contributed by atoms with Crippen LogP contribution in [0.1, 0.15) is 18.2 Å². The fourth-order valence-electron chi connectivity index (χ4n) is 2.30. The van der Waals surface area contributed by atoms with Gasteiger partial charge in [-0.15, -0.1) is 5.10 Å². The standard InChI is InChI=1S/C15H16N4O/c1-2-11-6-3-4-7-13(11)19-15(12(10-16)17-18-19)14-8-5-9-20-14/h3-9H,2,10,16H2,1H3. The van der Waals surface area contributed by atoms with Crippen molar-refractivity contribution in [2.75, 3.05) is 0 Å². The topological polar surface area (TPSA) is 69.9 Å². The molecule has 0 bridgehead atoms. The second-order valence-corrected chi connectivity index (χ2v) is 4.46. The third-order valence-electron chi connectivity index (χ3n) is 3.29. The van der Waals surface area contributed by atoms with Crippen LogP contribution in [0.25, 0.3) is 17.1 Å². The minimum absolute atomic E-state index is 0.324. The number of hydrogen-bond acceptors (Lipinski definition) is 4. The summed E-state index contributed by atoms with van der Waals surface area (Å²) in [7, 11) is 0. The molecule has 0 aliphatic heterocycles. The molecule has 0 fully saturated rings. The van der Waals surface area contributed by atoms with Gasteiger partial charge < -0.3 is 10.2 Å². The molecule has 0 aliphatic carbocycles. The molecule has 5 heteroatoms. The number of nitrogens with zero attached hydrogens (tertiary/aromatic N) is 3. The van der Waals surface area contributed by atoms with Crippen LogP contribution in [0.4, 0.5) is 0 Å². The number of benzene rings is 1. The van der Waals surface area contributed by atoms with E-state index in [0.29, 0.717) is 6.54 Å². The fraction of sp³-hybridized carbons (Fsp3) is 0.200. The molecular weight excluding hydrogens is 252 g/mol. The normalized spacial score (nSPS) is 10.9. The van der Waals surface area contributed by atoms with Gasteiger partial charge in [0.05, 0.1) is 12.0 Å². The molecule has 2 aromatic heterocycles. The summed E-state index contributed by atoms with van der Waals surface area (Å²) < 4.78 is 7.31. The molecule has 1 aromatic carbocycles. The van der Waals surface area contributed by atoms with Gasteiger partial charge in [0.2, 0.25) is 0 Å². The van der Waals surface area contributed by atoms with Crippen LogP contribution in [-0.2, 0) is 13.0 Å². The first-order chi connectivity index (χ1) is 9.85. The molecule has 0 saturated carbocycles. The van der Waals surface area contributed by atoms with E-state index < -0.39 is 0 Å². The Balaban J connectivity index is 2.22. The van der Waals surface area contributed by atoms with Gasteiger partial charge in [-0.05, 0) is 30.2 Å². The molecule has 2 N–H and O–H groups in total. The van der Waals surface area contributed by atoms with Gasteiger partial charge in [-0.25, -0.2) is 4.68 Å². The van der Waals surface area contributed by atoms with E-state index in [2.05, 4.69) is 23.3 Å². The summed E-state index contributed by atoms with van der Waals surface area (Å²) in [5.74, 6) is 0.723. The number of rotatable bonds is 4. The second kappa shape index (κ2) is 5.30. The van der Waals surface area contributed by atoms with Crippen LogP contribution >= 0.6 is 0 Å². The van der Waals surface area contributed by atoms with E-state index >= 15 is 0 Å². The van der Waals surface area contributed by atoms with Gasteiger partial charge in [0.15, 0.2) is 5.76 Å². The van der Waals surface area contributed by atoms with Crippen molar-refractivity contribution in [2.45, 2.75) is 19.9 Å². The van der Waals surface area contributed by atoms with Gasteiger partial charge in [0.25, 0.3) is 0 Å². The molecule has 0 saturated heterocycles. The molecule has 0 spiro atoms. The number of hydrogen-bond donors (Lipinski definition) is 1. The highest BCUT2D eigenvalue weighted by molar-refractivity contribution is 5.59. The monoisotopic (exact) mass is 268 g/mol. The molecule has 5 nitrogen and oxygen atoms in total. The lowest BCUT2D eigenvalue weighted by molar-refractivity contribution is 0.576. The van der Waals surface area contributed by atoms with Crippen LogP contribution in [-0.4, -0.2) is 15.0 Å².